The summed E-state index contributed by atoms with van der Waals surface area (Å²) < 4.78 is 6.97. The first kappa shape index (κ1) is 19.8. The predicted octanol–water partition coefficient (Wildman–Crippen LogP) is 1.64. The maximum atomic E-state index is 12.7. The highest BCUT2D eigenvalue weighted by Gasteiger charge is 2.26. The normalized spacial score (nSPS) is 16.3. The second kappa shape index (κ2) is 9.34. The highest BCUT2D eigenvalue weighted by atomic mass is 16.5. The highest BCUT2D eigenvalue weighted by molar-refractivity contribution is 5.79. The number of piperidine rings is 1. The van der Waals surface area contributed by atoms with Gasteiger partial charge in [0.25, 0.3) is 0 Å². The molecule has 0 saturated carbocycles. The van der Waals surface area contributed by atoms with Crippen LogP contribution in [0, 0.1) is 5.92 Å². The smallest absolute Gasteiger partial charge is 0.224 e. The van der Waals surface area contributed by atoms with Gasteiger partial charge in [0.1, 0.15) is 30.5 Å². The van der Waals surface area contributed by atoms with Crippen LogP contribution in [0.15, 0.2) is 49.3 Å². The number of hydrogen-bond donors (Lipinski definition) is 1. The van der Waals surface area contributed by atoms with Gasteiger partial charge in [-0.25, -0.2) is 19.6 Å². The van der Waals surface area contributed by atoms with Gasteiger partial charge in [0.05, 0.1) is 13.0 Å². The van der Waals surface area contributed by atoms with E-state index in [0.717, 1.165) is 42.9 Å². The standard InChI is InChI=1S/C21H25N7O2/c1-30-18-7-3-2-5-16(18)8-9-23-21(29)17-6-4-10-27(12-17)19-11-20(25-14-24-19)28-15-22-13-26-28/h2-3,5,7,11,13-15,17H,4,6,8-10,12H2,1H3,(H,23,29). The van der Waals surface area contributed by atoms with Crippen LogP contribution >= 0.6 is 0 Å². The number of methoxy groups -OCH3 is 1. The first-order valence-corrected chi connectivity index (χ1v) is 10.1. The van der Waals surface area contributed by atoms with Gasteiger partial charge >= 0.3 is 0 Å². The quantitative estimate of drug-likeness (QED) is 0.636. The number of aromatic nitrogens is 5. The molecule has 1 aromatic carbocycles. The number of carbonyl (C=O) groups is 1. The van der Waals surface area contributed by atoms with Crippen LogP contribution in [-0.4, -0.2) is 57.4 Å². The Morgan fingerprint density at radius 1 is 1.23 bits per heavy atom. The molecule has 1 unspecified atom stereocenters. The fraction of sp³-hybridized carbons (Fsp3) is 0.381. The van der Waals surface area contributed by atoms with Crippen molar-refractivity contribution < 1.29 is 9.53 Å². The van der Waals surface area contributed by atoms with Crippen LogP contribution in [0.2, 0.25) is 0 Å². The van der Waals surface area contributed by atoms with Crippen molar-refractivity contribution in [2.24, 2.45) is 5.92 Å². The van der Waals surface area contributed by atoms with Crippen molar-refractivity contribution >= 4 is 11.7 Å². The average Bonchev–Trinajstić information content (AvgIpc) is 3.35. The number of benzene rings is 1. The molecule has 3 heterocycles. The Bertz CT molecular complexity index is 977. The molecule has 1 saturated heterocycles. The second-order valence-corrected chi connectivity index (χ2v) is 7.21. The molecule has 0 spiro atoms. The summed E-state index contributed by atoms with van der Waals surface area (Å²) >= 11 is 0. The van der Waals surface area contributed by atoms with Crippen LogP contribution in [0.1, 0.15) is 18.4 Å². The van der Waals surface area contributed by atoms with Crippen LogP contribution in [0.3, 0.4) is 0 Å². The molecule has 9 nitrogen and oxygen atoms in total. The van der Waals surface area contributed by atoms with Crippen molar-refractivity contribution in [3.63, 3.8) is 0 Å². The first-order valence-electron chi connectivity index (χ1n) is 10.1. The number of carbonyl (C=O) groups excluding carboxylic acids is 1. The monoisotopic (exact) mass is 407 g/mol. The summed E-state index contributed by atoms with van der Waals surface area (Å²) in [6.45, 7) is 2.08. The average molecular weight is 407 g/mol. The van der Waals surface area contributed by atoms with Crippen molar-refractivity contribution in [3.05, 3.63) is 54.9 Å². The van der Waals surface area contributed by atoms with Crippen molar-refractivity contribution in [1.29, 1.82) is 0 Å². The van der Waals surface area contributed by atoms with E-state index in [1.165, 1.54) is 12.7 Å². The lowest BCUT2D eigenvalue weighted by molar-refractivity contribution is -0.125. The fourth-order valence-electron chi connectivity index (χ4n) is 3.74. The SMILES string of the molecule is COc1ccccc1CCNC(=O)C1CCCN(c2cc(-n3cncn3)ncn2)C1. The molecule has 2 aromatic heterocycles. The highest BCUT2D eigenvalue weighted by Crippen LogP contribution is 2.23. The van der Waals surface area contributed by atoms with Gasteiger partial charge in [-0.05, 0) is 30.9 Å². The number of nitrogens with one attached hydrogen (secondary N) is 1. The predicted molar refractivity (Wildman–Crippen MR) is 112 cm³/mol. The minimum atomic E-state index is -0.0683. The molecule has 156 valence electrons. The molecule has 9 heteroatoms. The lowest BCUT2D eigenvalue weighted by Gasteiger charge is -2.32. The maximum Gasteiger partial charge on any atom is 0.224 e. The van der Waals surface area contributed by atoms with Gasteiger partial charge in [-0.3, -0.25) is 4.79 Å². The van der Waals surface area contributed by atoms with E-state index in [1.54, 1.807) is 18.1 Å². The number of anilines is 1. The summed E-state index contributed by atoms with van der Waals surface area (Å²) in [6, 6.07) is 9.75. The Hall–Kier alpha value is -3.49. The molecular formula is C21H25N7O2. The van der Waals surface area contributed by atoms with Crippen LogP contribution in [0.25, 0.3) is 5.82 Å². The number of para-hydroxylation sites is 1. The van der Waals surface area contributed by atoms with Gasteiger partial charge in [0, 0.05) is 25.7 Å². The van der Waals surface area contributed by atoms with Crippen LogP contribution in [-0.2, 0) is 11.2 Å². The Morgan fingerprint density at radius 2 is 2.10 bits per heavy atom. The van der Waals surface area contributed by atoms with Gasteiger partial charge in [-0.2, -0.15) is 5.10 Å². The van der Waals surface area contributed by atoms with E-state index in [-0.39, 0.29) is 11.8 Å². The Morgan fingerprint density at radius 3 is 2.93 bits per heavy atom. The summed E-state index contributed by atoms with van der Waals surface area (Å²) in [5.41, 5.74) is 1.09. The van der Waals surface area contributed by atoms with Gasteiger partial charge in [-0.15, -0.1) is 0 Å². The third kappa shape index (κ3) is 4.56. The lowest BCUT2D eigenvalue weighted by Crippen LogP contribution is -2.43. The van der Waals surface area contributed by atoms with E-state index in [0.29, 0.717) is 18.9 Å². The Balaban J connectivity index is 1.34. The first-order chi connectivity index (χ1) is 14.7. The fourth-order valence-corrected chi connectivity index (χ4v) is 3.74. The molecule has 4 rings (SSSR count). The van der Waals surface area contributed by atoms with E-state index >= 15 is 0 Å². The van der Waals surface area contributed by atoms with Gasteiger partial charge in [0.15, 0.2) is 5.82 Å². The number of ether oxygens (including phenoxy) is 1. The summed E-state index contributed by atoms with van der Waals surface area (Å²) in [6.07, 6.45) is 7.13. The molecule has 1 aliphatic rings. The van der Waals surface area contributed by atoms with Gasteiger partial charge < -0.3 is 15.0 Å². The molecular weight excluding hydrogens is 382 g/mol. The zero-order valence-electron chi connectivity index (χ0n) is 16.9. The topological polar surface area (TPSA) is 98.1 Å². The van der Waals surface area contributed by atoms with Crippen molar-refractivity contribution in [2.75, 3.05) is 31.6 Å². The summed E-state index contributed by atoms with van der Waals surface area (Å²) in [5.74, 6) is 2.31. The largest absolute Gasteiger partial charge is 0.496 e. The van der Waals surface area contributed by atoms with E-state index < -0.39 is 0 Å². The van der Waals surface area contributed by atoms with E-state index in [4.69, 9.17) is 4.74 Å². The minimum Gasteiger partial charge on any atom is -0.496 e. The molecule has 3 aromatic rings. The molecule has 1 amide bonds. The third-order valence-electron chi connectivity index (χ3n) is 5.29. The number of rotatable bonds is 7. The summed E-state index contributed by atoms with van der Waals surface area (Å²) in [4.78, 5) is 27.5. The maximum absolute atomic E-state index is 12.7. The van der Waals surface area contributed by atoms with E-state index in [1.807, 2.05) is 30.3 Å². The van der Waals surface area contributed by atoms with Crippen molar-refractivity contribution in [1.82, 2.24) is 30.0 Å². The molecule has 1 aliphatic heterocycles. The number of nitrogens with zero attached hydrogens (tertiary/aromatic N) is 6. The molecule has 0 aliphatic carbocycles. The zero-order chi connectivity index (χ0) is 20.8. The minimum absolute atomic E-state index is 0.0683. The third-order valence-corrected chi connectivity index (χ3v) is 5.29. The summed E-state index contributed by atoms with van der Waals surface area (Å²) in [5, 5.41) is 7.19. The van der Waals surface area contributed by atoms with Crippen LogP contribution in [0.5, 0.6) is 5.75 Å². The molecule has 1 atom stereocenters. The van der Waals surface area contributed by atoms with Crippen LogP contribution < -0.4 is 15.0 Å². The molecule has 0 radical (unpaired) electrons. The van der Waals surface area contributed by atoms with Gasteiger partial charge in [-0.1, -0.05) is 18.2 Å². The summed E-state index contributed by atoms with van der Waals surface area (Å²) in [7, 11) is 1.66. The Labute approximate surface area is 175 Å². The number of amides is 1. The van der Waals surface area contributed by atoms with Gasteiger partial charge in [0.2, 0.25) is 5.91 Å². The lowest BCUT2D eigenvalue weighted by atomic mass is 9.97. The zero-order valence-corrected chi connectivity index (χ0v) is 16.9. The van der Waals surface area contributed by atoms with Crippen LogP contribution in [0.4, 0.5) is 5.82 Å². The van der Waals surface area contributed by atoms with Crippen molar-refractivity contribution in [2.45, 2.75) is 19.3 Å². The Kier molecular flexibility index (Phi) is 6.17. The van der Waals surface area contributed by atoms with E-state index in [9.17, 15) is 4.79 Å². The van der Waals surface area contributed by atoms with E-state index in [2.05, 4.69) is 30.3 Å². The second-order valence-electron chi connectivity index (χ2n) is 7.21. The number of hydrogen-bond acceptors (Lipinski definition) is 7. The van der Waals surface area contributed by atoms with Crippen molar-refractivity contribution in [3.8, 4) is 11.6 Å². The molecule has 0 bridgehead atoms. The molecule has 30 heavy (non-hydrogen) atoms. The molecule has 1 fully saturated rings. The molecule has 1 N–H and O–H groups in total.